The van der Waals surface area contributed by atoms with Gasteiger partial charge >= 0.3 is 5.97 Å². The second-order valence-corrected chi connectivity index (χ2v) is 5.45. The van der Waals surface area contributed by atoms with Gasteiger partial charge in [0.2, 0.25) is 0 Å². The number of piperidine rings is 1. The van der Waals surface area contributed by atoms with E-state index in [1.807, 2.05) is 13.8 Å². The highest BCUT2D eigenvalue weighted by Crippen LogP contribution is 2.21. The van der Waals surface area contributed by atoms with Gasteiger partial charge in [-0.3, -0.25) is 4.79 Å². The van der Waals surface area contributed by atoms with Gasteiger partial charge < -0.3 is 15.1 Å². The summed E-state index contributed by atoms with van der Waals surface area (Å²) in [5, 5.41) is 18.3. The minimum absolute atomic E-state index is 0.305. The maximum absolute atomic E-state index is 10.6. The van der Waals surface area contributed by atoms with Crippen LogP contribution >= 0.6 is 0 Å². The third-order valence-electron chi connectivity index (χ3n) is 3.21. The van der Waals surface area contributed by atoms with Crippen molar-refractivity contribution in [3.8, 4) is 0 Å². The number of carboxylic acids is 1. The molecule has 1 rings (SSSR count). The van der Waals surface area contributed by atoms with E-state index >= 15 is 0 Å². The van der Waals surface area contributed by atoms with Crippen LogP contribution in [0.3, 0.4) is 0 Å². The molecule has 1 fully saturated rings. The Kier molecular flexibility index (Phi) is 4.74. The lowest BCUT2D eigenvalue weighted by molar-refractivity contribution is -0.138. The Morgan fingerprint density at radius 3 is 2.38 bits per heavy atom. The van der Waals surface area contributed by atoms with Gasteiger partial charge in [0.05, 0.1) is 5.60 Å². The van der Waals surface area contributed by atoms with Crippen molar-refractivity contribution < 1.29 is 15.0 Å². The number of aliphatic carboxylic acids is 1. The maximum atomic E-state index is 10.6. The van der Waals surface area contributed by atoms with E-state index in [9.17, 15) is 9.90 Å². The number of nitrogens with zero attached hydrogens (tertiary/aromatic N) is 1. The number of rotatable bonds is 5. The third-order valence-corrected chi connectivity index (χ3v) is 3.21. The summed E-state index contributed by atoms with van der Waals surface area (Å²) in [7, 11) is 0. The molecular formula is C12H23NO3. The van der Waals surface area contributed by atoms with Gasteiger partial charge in [-0.2, -0.15) is 0 Å². The molecule has 94 valence electrons. The number of carboxylic acid groups (broad SMARTS) is 1. The van der Waals surface area contributed by atoms with Crippen molar-refractivity contribution >= 4 is 5.97 Å². The van der Waals surface area contributed by atoms with Gasteiger partial charge in [-0.25, -0.2) is 0 Å². The Labute approximate surface area is 97.3 Å². The van der Waals surface area contributed by atoms with Gasteiger partial charge in [-0.05, 0) is 52.1 Å². The Balaban J connectivity index is 2.19. The monoisotopic (exact) mass is 229 g/mol. The topological polar surface area (TPSA) is 60.8 Å². The van der Waals surface area contributed by atoms with Crippen LogP contribution in [-0.2, 0) is 4.79 Å². The Bertz CT molecular complexity index is 227. The van der Waals surface area contributed by atoms with E-state index in [0.717, 1.165) is 38.9 Å². The van der Waals surface area contributed by atoms with Gasteiger partial charge in [0.1, 0.15) is 0 Å². The average Bonchev–Trinajstić information content (AvgIpc) is 2.14. The van der Waals surface area contributed by atoms with Crippen LogP contribution in [0.5, 0.6) is 0 Å². The molecular weight excluding hydrogens is 206 g/mol. The van der Waals surface area contributed by atoms with E-state index in [0.29, 0.717) is 12.3 Å². The van der Waals surface area contributed by atoms with Crippen LogP contribution in [0, 0.1) is 5.92 Å². The van der Waals surface area contributed by atoms with Crippen LogP contribution in [0.15, 0.2) is 0 Å². The zero-order valence-electron chi connectivity index (χ0n) is 10.3. The average molecular weight is 229 g/mol. The van der Waals surface area contributed by atoms with Gasteiger partial charge in [0.25, 0.3) is 0 Å². The lowest BCUT2D eigenvalue weighted by Crippen LogP contribution is -2.37. The molecule has 2 N–H and O–H groups in total. The second kappa shape index (κ2) is 5.64. The molecule has 0 spiro atoms. The number of hydrogen-bond donors (Lipinski definition) is 2. The minimum atomic E-state index is -0.685. The summed E-state index contributed by atoms with van der Waals surface area (Å²) < 4.78 is 0. The SMILES string of the molecule is CC(C)(O)CCN1CCC(CC(=O)O)CC1. The summed E-state index contributed by atoms with van der Waals surface area (Å²) in [6, 6.07) is 0. The first-order chi connectivity index (χ1) is 7.37. The number of carbonyl (C=O) groups is 1. The quantitative estimate of drug-likeness (QED) is 0.746. The summed E-state index contributed by atoms with van der Waals surface area (Å²) in [6.07, 6.45) is 3.02. The maximum Gasteiger partial charge on any atom is 0.303 e. The molecule has 0 aromatic rings. The van der Waals surface area contributed by atoms with Gasteiger partial charge in [-0.1, -0.05) is 0 Å². The van der Waals surface area contributed by atoms with Crippen LogP contribution in [-0.4, -0.2) is 46.3 Å². The van der Waals surface area contributed by atoms with E-state index < -0.39 is 11.6 Å². The number of aliphatic hydroxyl groups is 1. The molecule has 1 aliphatic heterocycles. The van der Waals surface area contributed by atoms with Gasteiger partial charge in [0.15, 0.2) is 0 Å². The fourth-order valence-electron chi connectivity index (χ4n) is 2.09. The van der Waals surface area contributed by atoms with Gasteiger partial charge in [0, 0.05) is 13.0 Å². The van der Waals surface area contributed by atoms with Crippen molar-refractivity contribution in [2.45, 2.75) is 45.1 Å². The molecule has 4 heteroatoms. The van der Waals surface area contributed by atoms with Crippen molar-refractivity contribution in [3.05, 3.63) is 0 Å². The first-order valence-corrected chi connectivity index (χ1v) is 6.03. The predicted molar refractivity (Wildman–Crippen MR) is 62.3 cm³/mol. The lowest BCUT2D eigenvalue weighted by atomic mass is 9.93. The largest absolute Gasteiger partial charge is 0.481 e. The molecule has 0 aromatic carbocycles. The minimum Gasteiger partial charge on any atom is -0.481 e. The number of hydrogen-bond acceptors (Lipinski definition) is 3. The molecule has 16 heavy (non-hydrogen) atoms. The molecule has 0 aromatic heterocycles. The predicted octanol–water partition coefficient (Wildman–Crippen LogP) is 1.33. The van der Waals surface area contributed by atoms with Crippen LogP contribution in [0.25, 0.3) is 0 Å². The van der Waals surface area contributed by atoms with Crippen molar-refractivity contribution in [3.63, 3.8) is 0 Å². The molecule has 1 saturated heterocycles. The molecule has 0 saturated carbocycles. The van der Waals surface area contributed by atoms with Crippen molar-refractivity contribution in [2.75, 3.05) is 19.6 Å². The molecule has 0 aliphatic carbocycles. The summed E-state index contributed by atoms with van der Waals surface area (Å²) in [6.45, 7) is 6.49. The molecule has 0 amide bonds. The molecule has 1 aliphatic rings. The van der Waals surface area contributed by atoms with Crippen molar-refractivity contribution in [2.24, 2.45) is 5.92 Å². The van der Waals surface area contributed by atoms with Crippen molar-refractivity contribution in [1.29, 1.82) is 0 Å². The zero-order chi connectivity index (χ0) is 12.2. The highest BCUT2D eigenvalue weighted by Gasteiger charge is 2.22. The lowest BCUT2D eigenvalue weighted by Gasteiger charge is -2.32. The van der Waals surface area contributed by atoms with Crippen LogP contribution in [0.4, 0.5) is 0 Å². The Morgan fingerprint density at radius 1 is 1.38 bits per heavy atom. The molecule has 0 bridgehead atoms. The smallest absolute Gasteiger partial charge is 0.303 e. The Morgan fingerprint density at radius 2 is 1.94 bits per heavy atom. The zero-order valence-corrected chi connectivity index (χ0v) is 10.3. The van der Waals surface area contributed by atoms with Crippen LogP contribution < -0.4 is 0 Å². The van der Waals surface area contributed by atoms with Crippen LogP contribution in [0.2, 0.25) is 0 Å². The van der Waals surface area contributed by atoms with E-state index in [-0.39, 0.29) is 0 Å². The van der Waals surface area contributed by atoms with Crippen molar-refractivity contribution in [1.82, 2.24) is 4.90 Å². The molecule has 0 atom stereocenters. The first-order valence-electron chi connectivity index (χ1n) is 6.03. The fourth-order valence-corrected chi connectivity index (χ4v) is 2.09. The van der Waals surface area contributed by atoms with E-state index in [1.165, 1.54) is 0 Å². The molecule has 4 nitrogen and oxygen atoms in total. The second-order valence-electron chi connectivity index (χ2n) is 5.45. The van der Waals surface area contributed by atoms with E-state index in [2.05, 4.69) is 4.90 Å². The molecule has 0 radical (unpaired) electrons. The standard InChI is InChI=1S/C12H23NO3/c1-12(2,16)5-8-13-6-3-10(4-7-13)9-11(14)15/h10,16H,3-9H2,1-2H3,(H,14,15). The molecule has 0 unspecified atom stereocenters. The van der Waals surface area contributed by atoms with E-state index in [1.54, 1.807) is 0 Å². The van der Waals surface area contributed by atoms with E-state index in [4.69, 9.17) is 5.11 Å². The third kappa shape index (κ3) is 5.47. The normalized spacial score (nSPS) is 19.9. The highest BCUT2D eigenvalue weighted by atomic mass is 16.4. The summed E-state index contributed by atoms with van der Waals surface area (Å²) in [5.74, 6) is -0.342. The Hall–Kier alpha value is -0.610. The van der Waals surface area contributed by atoms with Gasteiger partial charge in [-0.15, -0.1) is 0 Å². The summed E-state index contributed by atoms with van der Waals surface area (Å²) in [4.78, 5) is 12.9. The van der Waals surface area contributed by atoms with Crippen LogP contribution in [0.1, 0.15) is 39.5 Å². The highest BCUT2D eigenvalue weighted by molar-refractivity contribution is 5.67. The molecule has 1 heterocycles. The fraction of sp³-hybridized carbons (Fsp3) is 0.917. The first kappa shape index (κ1) is 13.5. The number of likely N-dealkylation sites (tertiary alicyclic amines) is 1. The summed E-state index contributed by atoms with van der Waals surface area (Å²) in [5.41, 5.74) is -0.599. The summed E-state index contributed by atoms with van der Waals surface area (Å²) >= 11 is 0.